The fraction of sp³-hybridized carbons (Fsp3) is 0. The van der Waals surface area contributed by atoms with E-state index >= 15 is 0 Å². The number of aromatic nitrogens is 1. The average molecular weight is 394 g/mol. The fourth-order valence-electron chi connectivity index (χ4n) is 2.14. The first-order valence-electron chi connectivity index (χ1n) is 6.91. The third kappa shape index (κ3) is 3.79. The second-order valence-corrected chi connectivity index (χ2v) is 6.59. The van der Waals surface area contributed by atoms with Gasteiger partial charge >= 0.3 is 0 Å². The molecule has 0 fully saturated rings. The number of nitro benzene ring substituents is 1. The topological polar surface area (TPSA) is 85.1 Å². The van der Waals surface area contributed by atoms with Crippen LogP contribution < -0.4 is 5.32 Å². The van der Waals surface area contributed by atoms with Crippen molar-refractivity contribution in [2.75, 3.05) is 5.32 Å². The van der Waals surface area contributed by atoms with E-state index < -0.39 is 10.8 Å². The highest BCUT2D eigenvalue weighted by molar-refractivity contribution is 7.14. The van der Waals surface area contributed by atoms with Crippen molar-refractivity contribution in [3.05, 3.63) is 73.6 Å². The molecule has 25 heavy (non-hydrogen) atoms. The molecule has 1 aromatic heterocycles. The highest BCUT2D eigenvalue weighted by Crippen LogP contribution is 2.32. The Morgan fingerprint density at radius 1 is 1.20 bits per heavy atom. The van der Waals surface area contributed by atoms with Crippen LogP contribution in [0.2, 0.25) is 10.0 Å². The van der Waals surface area contributed by atoms with Crippen molar-refractivity contribution >= 4 is 51.3 Å². The molecular formula is C16H9Cl2N3O3S. The average Bonchev–Trinajstić information content (AvgIpc) is 3.02. The van der Waals surface area contributed by atoms with Gasteiger partial charge in [0.2, 0.25) is 0 Å². The molecule has 0 bridgehead atoms. The maximum absolute atomic E-state index is 12.3. The molecule has 0 saturated carbocycles. The predicted octanol–water partition coefficient (Wildman–Crippen LogP) is 5.28. The summed E-state index contributed by atoms with van der Waals surface area (Å²) in [4.78, 5) is 27.0. The zero-order chi connectivity index (χ0) is 18.0. The zero-order valence-electron chi connectivity index (χ0n) is 12.4. The van der Waals surface area contributed by atoms with Crippen LogP contribution in [0.3, 0.4) is 0 Å². The molecule has 0 atom stereocenters. The summed E-state index contributed by atoms with van der Waals surface area (Å²) in [6.45, 7) is 0. The van der Waals surface area contributed by atoms with Gasteiger partial charge in [-0.3, -0.25) is 20.2 Å². The van der Waals surface area contributed by atoms with Crippen molar-refractivity contribution in [2.24, 2.45) is 0 Å². The quantitative estimate of drug-likeness (QED) is 0.482. The Kier molecular flexibility index (Phi) is 4.98. The molecule has 0 unspecified atom stereocenters. The molecule has 0 aliphatic heterocycles. The van der Waals surface area contributed by atoms with Crippen molar-refractivity contribution < 1.29 is 9.72 Å². The molecule has 6 nitrogen and oxygen atoms in total. The van der Waals surface area contributed by atoms with Crippen LogP contribution in [-0.2, 0) is 0 Å². The Morgan fingerprint density at radius 3 is 2.68 bits per heavy atom. The third-order valence-electron chi connectivity index (χ3n) is 3.28. The lowest BCUT2D eigenvalue weighted by Gasteiger charge is -2.03. The number of carbonyl (C=O) groups is 1. The number of nitrogens with zero attached hydrogens (tertiary/aromatic N) is 2. The van der Waals surface area contributed by atoms with Crippen molar-refractivity contribution in [3.8, 4) is 11.3 Å². The van der Waals surface area contributed by atoms with Crippen molar-refractivity contribution in [1.82, 2.24) is 4.98 Å². The first kappa shape index (κ1) is 17.3. The van der Waals surface area contributed by atoms with E-state index in [9.17, 15) is 14.9 Å². The minimum Gasteiger partial charge on any atom is -0.298 e. The number of halogens is 2. The number of hydrogen-bond donors (Lipinski definition) is 1. The summed E-state index contributed by atoms with van der Waals surface area (Å²) < 4.78 is 0. The van der Waals surface area contributed by atoms with Crippen LogP contribution in [0.25, 0.3) is 11.3 Å². The highest BCUT2D eigenvalue weighted by Gasteiger charge is 2.20. The molecule has 3 rings (SSSR count). The van der Waals surface area contributed by atoms with Crippen molar-refractivity contribution in [1.29, 1.82) is 0 Å². The summed E-state index contributed by atoms with van der Waals surface area (Å²) >= 11 is 13.2. The highest BCUT2D eigenvalue weighted by atomic mass is 35.5. The van der Waals surface area contributed by atoms with Crippen molar-refractivity contribution in [3.63, 3.8) is 0 Å². The largest absolute Gasteiger partial charge is 0.298 e. The standard InChI is InChI=1S/C16H9Cl2N3O3S/c17-9-5-6-10(12(18)7-9)13-8-25-16(19-13)20-15(22)11-3-1-2-4-14(11)21(23)24/h1-8H,(H,19,20,22). The first-order valence-corrected chi connectivity index (χ1v) is 8.55. The van der Waals surface area contributed by atoms with Gasteiger partial charge in [-0.15, -0.1) is 11.3 Å². The molecule has 1 amide bonds. The number of benzene rings is 2. The third-order valence-corrected chi connectivity index (χ3v) is 4.58. The maximum Gasteiger partial charge on any atom is 0.282 e. The number of amides is 1. The van der Waals surface area contributed by atoms with Crippen LogP contribution in [0.4, 0.5) is 10.8 Å². The summed E-state index contributed by atoms with van der Waals surface area (Å²) in [7, 11) is 0. The Morgan fingerprint density at radius 2 is 1.96 bits per heavy atom. The van der Waals surface area contributed by atoms with Crippen LogP contribution in [0.15, 0.2) is 47.8 Å². The summed E-state index contributed by atoms with van der Waals surface area (Å²) in [5.74, 6) is -0.601. The molecule has 0 spiro atoms. The van der Waals surface area contributed by atoms with Gasteiger partial charge in [0.05, 0.1) is 15.6 Å². The number of thiazole rings is 1. The lowest BCUT2D eigenvalue weighted by molar-refractivity contribution is -0.385. The Bertz CT molecular complexity index is 975. The van der Waals surface area contributed by atoms with Crippen LogP contribution in [0, 0.1) is 10.1 Å². The van der Waals surface area contributed by atoms with Gasteiger partial charge in [0.1, 0.15) is 5.56 Å². The summed E-state index contributed by atoms with van der Waals surface area (Å²) in [6.07, 6.45) is 0. The number of para-hydroxylation sites is 1. The fourth-order valence-corrected chi connectivity index (χ4v) is 3.35. The Labute approximate surface area is 156 Å². The van der Waals surface area contributed by atoms with Crippen LogP contribution >= 0.6 is 34.5 Å². The van der Waals surface area contributed by atoms with E-state index in [0.29, 0.717) is 26.4 Å². The molecule has 0 aliphatic carbocycles. The molecule has 1 N–H and O–H groups in total. The maximum atomic E-state index is 12.3. The van der Waals surface area contributed by atoms with Gasteiger partial charge < -0.3 is 0 Å². The van der Waals surface area contributed by atoms with Crippen molar-refractivity contribution in [2.45, 2.75) is 0 Å². The minimum absolute atomic E-state index is 0.0335. The van der Waals surface area contributed by atoms with E-state index in [1.54, 1.807) is 29.6 Å². The first-order chi connectivity index (χ1) is 12.0. The van der Waals surface area contributed by atoms with E-state index in [-0.39, 0.29) is 11.3 Å². The summed E-state index contributed by atoms with van der Waals surface area (Å²) in [5, 5.41) is 16.6. The SMILES string of the molecule is O=C(Nc1nc(-c2ccc(Cl)cc2Cl)cs1)c1ccccc1[N+](=O)[O-]. The Balaban J connectivity index is 1.84. The van der Waals surface area contributed by atoms with Crippen LogP contribution in [0.1, 0.15) is 10.4 Å². The van der Waals surface area contributed by atoms with E-state index in [1.165, 1.54) is 29.5 Å². The molecule has 2 aromatic carbocycles. The number of carbonyl (C=O) groups excluding carboxylic acids is 1. The molecule has 0 aliphatic rings. The van der Waals surface area contributed by atoms with Gasteiger partial charge in [0, 0.05) is 22.0 Å². The smallest absolute Gasteiger partial charge is 0.282 e. The second kappa shape index (κ2) is 7.18. The number of nitro groups is 1. The number of hydrogen-bond acceptors (Lipinski definition) is 5. The predicted molar refractivity (Wildman–Crippen MR) is 98.6 cm³/mol. The van der Waals surface area contributed by atoms with Gasteiger partial charge in [-0.05, 0) is 24.3 Å². The molecule has 0 radical (unpaired) electrons. The summed E-state index contributed by atoms with van der Waals surface area (Å²) in [5.41, 5.74) is 0.948. The monoisotopic (exact) mass is 393 g/mol. The molecule has 3 aromatic rings. The van der Waals surface area contributed by atoms with Crippen LogP contribution in [-0.4, -0.2) is 15.8 Å². The van der Waals surface area contributed by atoms with Gasteiger partial charge in [0.15, 0.2) is 5.13 Å². The van der Waals surface area contributed by atoms with Gasteiger partial charge in [-0.2, -0.15) is 0 Å². The Hall–Kier alpha value is -2.48. The number of anilines is 1. The van der Waals surface area contributed by atoms with E-state index in [1.807, 2.05) is 0 Å². The second-order valence-electron chi connectivity index (χ2n) is 4.89. The van der Waals surface area contributed by atoms with Crippen LogP contribution in [0.5, 0.6) is 0 Å². The minimum atomic E-state index is -0.602. The zero-order valence-corrected chi connectivity index (χ0v) is 14.7. The van der Waals surface area contributed by atoms with E-state index in [2.05, 4.69) is 10.3 Å². The van der Waals surface area contributed by atoms with Gasteiger partial charge in [0.25, 0.3) is 11.6 Å². The lowest BCUT2D eigenvalue weighted by Crippen LogP contribution is -2.13. The number of nitrogens with one attached hydrogen (secondary N) is 1. The molecular weight excluding hydrogens is 385 g/mol. The molecule has 9 heteroatoms. The molecule has 0 saturated heterocycles. The summed E-state index contributed by atoms with van der Waals surface area (Å²) in [6, 6.07) is 10.7. The normalized spacial score (nSPS) is 10.5. The number of rotatable bonds is 4. The lowest BCUT2D eigenvalue weighted by atomic mass is 10.1. The van der Waals surface area contributed by atoms with Gasteiger partial charge in [-0.1, -0.05) is 35.3 Å². The van der Waals surface area contributed by atoms with E-state index in [0.717, 1.165) is 0 Å². The van der Waals surface area contributed by atoms with Gasteiger partial charge in [-0.25, -0.2) is 4.98 Å². The molecule has 126 valence electrons. The molecule has 1 heterocycles. The van der Waals surface area contributed by atoms with E-state index in [4.69, 9.17) is 23.2 Å².